The number of carbonyl (C=O) groups is 3. The van der Waals surface area contributed by atoms with E-state index >= 15 is 0 Å². The number of fused-ring (bicyclic) bond motifs is 1. The first kappa shape index (κ1) is 20.8. The number of benzene rings is 2. The van der Waals surface area contributed by atoms with Gasteiger partial charge < -0.3 is 15.1 Å². The molecule has 1 heterocycles. The fourth-order valence-electron chi connectivity index (χ4n) is 3.30. The van der Waals surface area contributed by atoms with Crippen LogP contribution in [0, 0.1) is 0 Å². The first-order valence-electron chi connectivity index (χ1n) is 9.84. The summed E-state index contributed by atoms with van der Waals surface area (Å²) in [6, 6.07) is 15.0. The van der Waals surface area contributed by atoms with Crippen molar-refractivity contribution in [1.29, 1.82) is 0 Å². The van der Waals surface area contributed by atoms with Gasteiger partial charge in [0.25, 0.3) is 0 Å². The van der Waals surface area contributed by atoms with E-state index in [2.05, 4.69) is 5.32 Å². The molecule has 1 aliphatic heterocycles. The molecule has 1 aliphatic carbocycles. The van der Waals surface area contributed by atoms with Crippen molar-refractivity contribution in [3.63, 3.8) is 0 Å². The molecular formula is C22H22ClN3O3S. The van der Waals surface area contributed by atoms with Crippen LogP contribution in [0.4, 0.5) is 5.69 Å². The number of rotatable bonds is 7. The van der Waals surface area contributed by atoms with Crippen LogP contribution in [0.1, 0.15) is 18.4 Å². The monoisotopic (exact) mass is 443 g/mol. The van der Waals surface area contributed by atoms with Gasteiger partial charge >= 0.3 is 0 Å². The van der Waals surface area contributed by atoms with E-state index in [-0.39, 0.29) is 49.2 Å². The Bertz CT molecular complexity index is 980. The molecule has 6 nitrogen and oxygen atoms in total. The van der Waals surface area contributed by atoms with Crippen LogP contribution in [0.25, 0.3) is 0 Å². The first-order chi connectivity index (χ1) is 14.5. The van der Waals surface area contributed by atoms with Gasteiger partial charge in [0, 0.05) is 22.5 Å². The summed E-state index contributed by atoms with van der Waals surface area (Å²) < 4.78 is 0. The number of anilines is 1. The number of para-hydroxylation sites is 1. The summed E-state index contributed by atoms with van der Waals surface area (Å²) in [6.07, 6.45) is 1.95. The fraction of sp³-hybridized carbons (Fsp3) is 0.318. The molecule has 1 saturated carbocycles. The first-order valence-corrected chi connectivity index (χ1v) is 11.2. The zero-order valence-corrected chi connectivity index (χ0v) is 17.9. The predicted molar refractivity (Wildman–Crippen MR) is 118 cm³/mol. The number of thioether (sulfide) groups is 1. The van der Waals surface area contributed by atoms with E-state index < -0.39 is 0 Å². The summed E-state index contributed by atoms with van der Waals surface area (Å²) in [5.41, 5.74) is 1.49. The molecule has 1 fully saturated rings. The number of nitrogens with zero attached hydrogens (tertiary/aromatic N) is 2. The molecule has 0 spiro atoms. The molecule has 0 radical (unpaired) electrons. The third-order valence-electron chi connectivity index (χ3n) is 5.05. The third-order valence-corrected chi connectivity index (χ3v) is 6.47. The van der Waals surface area contributed by atoms with Crippen LogP contribution in [0.3, 0.4) is 0 Å². The van der Waals surface area contributed by atoms with Gasteiger partial charge in [-0.25, -0.2) is 0 Å². The predicted octanol–water partition coefficient (Wildman–Crippen LogP) is 3.09. The fourth-order valence-corrected chi connectivity index (χ4v) is 4.43. The lowest BCUT2D eigenvalue weighted by atomic mass is 10.2. The largest absolute Gasteiger partial charge is 0.352 e. The van der Waals surface area contributed by atoms with E-state index in [9.17, 15) is 14.4 Å². The van der Waals surface area contributed by atoms with Crippen LogP contribution in [0.15, 0.2) is 53.4 Å². The summed E-state index contributed by atoms with van der Waals surface area (Å²) in [7, 11) is 0. The highest BCUT2D eigenvalue weighted by Gasteiger charge is 2.30. The van der Waals surface area contributed by atoms with Crippen molar-refractivity contribution in [2.45, 2.75) is 30.3 Å². The summed E-state index contributed by atoms with van der Waals surface area (Å²) in [5.74, 6) is -0.321. The van der Waals surface area contributed by atoms with E-state index in [4.69, 9.17) is 11.6 Å². The van der Waals surface area contributed by atoms with Crippen molar-refractivity contribution >= 4 is 46.8 Å². The van der Waals surface area contributed by atoms with Crippen molar-refractivity contribution in [3.8, 4) is 0 Å². The van der Waals surface area contributed by atoms with Gasteiger partial charge in [-0.15, -0.1) is 11.8 Å². The van der Waals surface area contributed by atoms with Crippen LogP contribution >= 0.6 is 23.4 Å². The van der Waals surface area contributed by atoms with Gasteiger partial charge in [-0.1, -0.05) is 41.9 Å². The Hall–Kier alpha value is -2.51. The smallest absolute Gasteiger partial charge is 0.243 e. The summed E-state index contributed by atoms with van der Waals surface area (Å²) >= 11 is 7.75. The molecule has 0 atom stereocenters. The molecule has 0 saturated heterocycles. The second-order valence-electron chi connectivity index (χ2n) is 7.42. The lowest BCUT2D eigenvalue weighted by Gasteiger charge is -2.31. The number of hydrogen-bond donors (Lipinski definition) is 1. The maximum absolute atomic E-state index is 13.2. The zero-order valence-electron chi connectivity index (χ0n) is 16.3. The summed E-state index contributed by atoms with van der Waals surface area (Å²) in [6.45, 7) is 0.0194. The van der Waals surface area contributed by atoms with Crippen LogP contribution in [-0.4, -0.2) is 47.5 Å². The van der Waals surface area contributed by atoms with E-state index in [0.29, 0.717) is 5.02 Å². The average molecular weight is 444 g/mol. The van der Waals surface area contributed by atoms with Crippen LogP contribution in [0.5, 0.6) is 0 Å². The van der Waals surface area contributed by atoms with Crippen molar-refractivity contribution in [2.24, 2.45) is 0 Å². The molecule has 30 heavy (non-hydrogen) atoms. The Morgan fingerprint density at radius 3 is 2.63 bits per heavy atom. The zero-order chi connectivity index (χ0) is 21.1. The molecular weight excluding hydrogens is 422 g/mol. The number of carbonyl (C=O) groups excluding carboxylic acids is 3. The van der Waals surface area contributed by atoms with Crippen molar-refractivity contribution < 1.29 is 14.4 Å². The second kappa shape index (κ2) is 9.10. The Labute approximate surface area is 184 Å². The molecule has 2 aliphatic rings. The van der Waals surface area contributed by atoms with Crippen LogP contribution in [-0.2, 0) is 20.9 Å². The van der Waals surface area contributed by atoms with Crippen LogP contribution in [0.2, 0.25) is 5.02 Å². The minimum absolute atomic E-state index is 0.0705. The van der Waals surface area contributed by atoms with Gasteiger partial charge in [0.2, 0.25) is 17.7 Å². The SMILES string of the molecule is O=C(CN(Cc1ccccc1Cl)C(=O)CN1C(=O)CSc2ccccc21)NC1CC1. The van der Waals surface area contributed by atoms with E-state index in [0.717, 1.165) is 29.0 Å². The molecule has 4 rings (SSSR count). The summed E-state index contributed by atoms with van der Waals surface area (Å²) in [4.78, 5) is 42.1. The molecule has 2 aromatic carbocycles. The summed E-state index contributed by atoms with van der Waals surface area (Å²) in [5, 5.41) is 3.45. The van der Waals surface area contributed by atoms with E-state index in [1.165, 1.54) is 21.6 Å². The standard InChI is InChI=1S/C22H22ClN3O3S/c23-17-6-2-1-5-15(17)11-25(12-20(27)24-16-9-10-16)21(28)13-26-18-7-3-4-8-19(18)30-14-22(26)29/h1-8,16H,9-14H2,(H,24,27). The molecule has 156 valence electrons. The highest BCUT2D eigenvalue weighted by atomic mass is 35.5. The highest BCUT2D eigenvalue weighted by molar-refractivity contribution is 8.00. The normalized spacial score (nSPS) is 15.5. The Morgan fingerprint density at radius 2 is 1.87 bits per heavy atom. The molecule has 0 aromatic heterocycles. The number of hydrogen-bond acceptors (Lipinski definition) is 4. The topological polar surface area (TPSA) is 69.7 Å². The molecule has 3 amide bonds. The van der Waals surface area contributed by atoms with Crippen molar-refractivity contribution in [1.82, 2.24) is 10.2 Å². The van der Waals surface area contributed by atoms with Gasteiger partial charge in [-0.3, -0.25) is 14.4 Å². The lowest BCUT2D eigenvalue weighted by Crippen LogP contribution is -2.47. The van der Waals surface area contributed by atoms with Crippen LogP contribution < -0.4 is 10.2 Å². The highest BCUT2D eigenvalue weighted by Crippen LogP contribution is 2.34. The van der Waals surface area contributed by atoms with Crippen molar-refractivity contribution in [3.05, 3.63) is 59.1 Å². The number of nitrogens with one attached hydrogen (secondary N) is 1. The Morgan fingerprint density at radius 1 is 1.13 bits per heavy atom. The van der Waals surface area contributed by atoms with E-state index in [1.54, 1.807) is 6.07 Å². The van der Waals surface area contributed by atoms with Gasteiger partial charge in [0.05, 0.1) is 18.0 Å². The molecule has 0 bridgehead atoms. The van der Waals surface area contributed by atoms with Gasteiger partial charge in [-0.2, -0.15) is 0 Å². The molecule has 8 heteroatoms. The molecule has 0 unspecified atom stereocenters. The number of halogens is 1. The van der Waals surface area contributed by atoms with Gasteiger partial charge in [0.15, 0.2) is 0 Å². The maximum atomic E-state index is 13.2. The maximum Gasteiger partial charge on any atom is 0.243 e. The molecule has 1 N–H and O–H groups in total. The Kier molecular flexibility index (Phi) is 6.29. The minimum atomic E-state index is -0.295. The average Bonchev–Trinajstić information content (AvgIpc) is 3.55. The second-order valence-corrected chi connectivity index (χ2v) is 8.84. The minimum Gasteiger partial charge on any atom is -0.352 e. The van der Waals surface area contributed by atoms with Gasteiger partial charge in [0.1, 0.15) is 6.54 Å². The number of amides is 3. The quantitative estimate of drug-likeness (QED) is 0.714. The molecule has 2 aromatic rings. The van der Waals surface area contributed by atoms with E-state index in [1.807, 2.05) is 42.5 Å². The third kappa shape index (κ3) is 4.96. The lowest BCUT2D eigenvalue weighted by molar-refractivity contribution is -0.136. The van der Waals surface area contributed by atoms with Crippen molar-refractivity contribution in [2.75, 3.05) is 23.7 Å². The van der Waals surface area contributed by atoms with Gasteiger partial charge in [-0.05, 0) is 36.6 Å². The Balaban J connectivity index is 1.53.